The Morgan fingerprint density at radius 2 is 1.91 bits per heavy atom. The molecule has 1 aliphatic carbocycles. The van der Waals surface area contributed by atoms with Crippen molar-refractivity contribution in [2.45, 2.75) is 50.9 Å². The molecule has 3 rings (SSSR count). The molecule has 0 radical (unpaired) electrons. The van der Waals surface area contributed by atoms with Gasteiger partial charge in [0.25, 0.3) is 0 Å². The molecule has 22 heavy (non-hydrogen) atoms. The number of ether oxygens (including phenoxy) is 1. The van der Waals surface area contributed by atoms with Crippen LogP contribution in [0.2, 0.25) is 0 Å². The van der Waals surface area contributed by atoms with E-state index < -0.39 is 5.60 Å². The Hall–Kier alpha value is -1.59. The molecule has 2 unspecified atom stereocenters. The first-order valence-electron chi connectivity index (χ1n) is 7.92. The van der Waals surface area contributed by atoms with E-state index in [1.165, 1.54) is 11.1 Å². The lowest BCUT2D eigenvalue weighted by atomic mass is 10.0. The average Bonchev–Trinajstić information content (AvgIpc) is 2.68. The summed E-state index contributed by atoms with van der Waals surface area (Å²) < 4.78 is 5.37. The molecule has 1 fully saturated rings. The molecule has 0 saturated carbocycles. The van der Waals surface area contributed by atoms with E-state index in [1.54, 1.807) is 4.90 Å². The summed E-state index contributed by atoms with van der Waals surface area (Å²) in [6.45, 7) is 7.05. The number of carbonyl (C=O) groups is 1. The highest BCUT2D eigenvalue weighted by Gasteiger charge is 2.37. The number of benzene rings is 1. The Balaban J connectivity index is 1.52. The fraction of sp³-hybridized carbons (Fsp3) is 0.588. The molecule has 1 amide bonds. The first kappa shape index (κ1) is 15.3. The minimum absolute atomic E-state index is 0.107. The zero-order valence-corrected chi connectivity index (χ0v) is 13.5. The topological polar surface area (TPSA) is 67.6 Å². The van der Waals surface area contributed by atoms with Crippen molar-refractivity contribution < 1.29 is 9.53 Å². The van der Waals surface area contributed by atoms with E-state index in [0.717, 1.165) is 6.42 Å². The SMILES string of the molecule is CC(C)(C)OC(=O)N1CC(NC2CC(N)c3ccccc32)C1. The first-order valence-corrected chi connectivity index (χ1v) is 7.92. The van der Waals surface area contributed by atoms with Crippen LogP contribution in [-0.2, 0) is 4.74 Å². The van der Waals surface area contributed by atoms with Gasteiger partial charge in [0.15, 0.2) is 0 Å². The van der Waals surface area contributed by atoms with Gasteiger partial charge in [-0.15, -0.1) is 0 Å². The zero-order valence-electron chi connectivity index (χ0n) is 13.5. The Labute approximate surface area is 131 Å². The second-order valence-corrected chi connectivity index (χ2v) is 7.27. The number of hydrogen-bond acceptors (Lipinski definition) is 4. The molecule has 2 atom stereocenters. The molecular weight excluding hydrogens is 278 g/mol. The number of nitrogens with two attached hydrogens (primary N) is 1. The number of amides is 1. The van der Waals surface area contributed by atoms with Crippen molar-refractivity contribution in [2.75, 3.05) is 13.1 Å². The molecule has 0 bridgehead atoms. The van der Waals surface area contributed by atoms with Crippen LogP contribution in [0.1, 0.15) is 50.4 Å². The molecule has 2 aliphatic rings. The van der Waals surface area contributed by atoms with Crippen LogP contribution >= 0.6 is 0 Å². The second-order valence-electron chi connectivity index (χ2n) is 7.27. The van der Waals surface area contributed by atoms with Gasteiger partial charge in [-0.25, -0.2) is 4.79 Å². The summed E-state index contributed by atoms with van der Waals surface area (Å²) >= 11 is 0. The third-order valence-corrected chi connectivity index (χ3v) is 4.23. The lowest BCUT2D eigenvalue weighted by molar-refractivity contribution is 0.00409. The number of carbonyl (C=O) groups excluding carboxylic acids is 1. The van der Waals surface area contributed by atoms with Gasteiger partial charge >= 0.3 is 6.09 Å². The van der Waals surface area contributed by atoms with Gasteiger partial charge in [0.1, 0.15) is 5.60 Å². The third-order valence-electron chi connectivity index (χ3n) is 4.23. The maximum atomic E-state index is 11.9. The van der Waals surface area contributed by atoms with E-state index in [4.69, 9.17) is 10.5 Å². The molecule has 1 aromatic rings. The van der Waals surface area contributed by atoms with Crippen molar-refractivity contribution in [1.82, 2.24) is 10.2 Å². The molecule has 1 aromatic carbocycles. The summed E-state index contributed by atoms with van der Waals surface area (Å²) in [5, 5.41) is 3.62. The van der Waals surface area contributed by atoms with E-state index >= 15 is 0 Å². The molecule has 0 spiro atoms. The van der Waals surface area contributed by atoms with Gasteiger partial charge in [0, 0.05) is 31.2 Å². The van der Waals surface area contributed by atoms with E-state index in [-0.39, 0.29) is 18.2 Å². The van der Waals surface area contributed by atoms with Gasteiger partial charge in [-0.1, -0.05) is 24.3 Å². The molecule has 5 nitrogen and oxygen atoms in total. The summed E-state index contributed by atoms with van der Waals surface area (Å²) in [5.41, 5.74) is 8.29. The Morgan fingerprint density at radius 3 is 2.55 bits per heavy atom. The molecule has 1 heterocycles. The van der Waals surface area contributed by atoms with Crippen molar-refractivity contribution in [1.29, 1.82) is 0 Å². The van der Waals surface area contributed by atoms with Crippen molar-refractivity contribution in [2.24, 2.45) is 5.73 Å². The number of rotatable bonds is 2. The van der Waals surface area contributed by atoms with Gasteiger partial charge in [-0.3, -0.25) is 0 Å². The molecule has 1 aliphatic heterocycles. The number of nitrogens with one attached hydrogen (secondary N) is 1. The van der Waals surface area contributed by atoms with Crippen LogP contribution in [0.4, 0.5) is 4.79 Å². The minimum atomic E-state index is -0.438. The minimum Gasteiger partial charge on any atom is -0.444 e. The summed E-state index contributed by atoms with van der Waals surface area (Å²) in [4.78, 5) is 13.7. The highest BCUT2D eigenvalue weighted by atomic mass is 16.6. The van der Waals surface area contributed by atoms with E-state index in [2.05, 4.69) is 23.5 Å². The summed E-state index contributed by atoms with van der Waals surface area (Å²) in [6, 6.07) is 9.05. The van der Waals surface area contributed by atoms with Crippen LogP contribution in [0.25, 0.3) is 0 Å². The fourth-order valence-corrected chi connectivity index (χ4v) is 3.18. The monoisotopic (exact) mass is 303 g/mol. The van der Waals surface area contributed by atoms with Crippen LogP contribution in [0, 0.1) is 0 Å². The van der Waals surface area contributed by atoms with Crippen LogP contribution < -0.4 is 11.1 Å². The van der Waals surface area contributed by atoms with Crippen molar-refractivity contribution in [3.63, 3.8) is 0 Å². The summed E-state index contributed by atoms with van der Waals surface area (Å²) in [5.74, 6) is 0. The van der Waals surface area contributed by atoms with Gasteiger partial charge in [0.2, 0.25) is 0 Å². The number of nitrogens with zero attached hydrogens (tertiary/aromatic N) is 1. The van der Waals surface area contributed by atoms with E-state index in [1.807, 2.05) is 26.8 Å². The quantitative estimate of drug-likeness (QED) is 0.880. The lowest BCUT2D eigenvalue weighted by Crippen LogP contribution is -2.60. The largest absolute Gasteiger partial charge is 0.444 e. The smallest absolute Gasteiger partial charge is 0.410 e. The van der Waals surface area contributed by atoms with Crippen molar-refractivity contribution >= 4 is 6.09 Å². The van der Waals surface area contributed by atoms with E-state index in [0.29, 0.717) is 19.1 Å². The van der Waals surface area contributed by atoms with Crippen LogP contribution in [-0.4, -0.2) is 35.7 Å². The van der Waals surface area contributed by atoms with Crippen LogP contribution in [0.3, 0.4) is 0 Å². The highest BCUT2D eigenvalue weighted by molar-refractivity contribution is 5.69. The van der Waals surface area contributed by atoms with Crippen LogP contribution in [0.15, 0.2) is 24.3 Å². The maximum absolute atomic E-state index is 11.9. The Bertz CT molecular complexity index is 561. The third kappa shape index (κ3) is 3.10. The van der Waals surface area contributed by atoms with Crippen LogP contribution in [0.5, 0.6) is 0 Å². The molecule has 120 valence electrons. The van der Waals surface area contributed by atoms with Gasteiger partial charge < -0.3 is 20.7 Å². The zero-order chi connectivity index (χ0) is 15.9. The molecule has 5 heteroatoms. The molecule has 3 N–H and O–H groups in total. The van der Waals surface area contributed by atoms with Crippen molar-refractivity contribution in [3.8, 4) is 0 Å². The number of fused-ring (bicyclic) bond motifs is 1. The normalized spacial score (nSPS) is 24.8. The molecule has 0 aromatic heterocycles. The number of likely N-dealkylation sites (tertiary alicyclic amines) is 1. The second kappa shape index (κ2) is 5.56. The molecular formula is C17H25N3O2. The van der Waals surface area contributed by atoms with Gasteiger partial charge in [0.05, 0.1) is 0 Å². The first-order chi connectivity index (χ1) is 10.3. The lowest BCUT2D eigenvalue weighted by Gasteiger charge is -2.41. The average molecular weight is 303 g/mol. The van der Waals surface area contributed by atoms with E-state index in [9.17, 15) is 4.79 Å². The highest BCUT2D eigenvalue weighted by Crippen LogP contribution is 2.37. The predicted octanol–water partition coefficient (Wildman–Crippen LogP) is 2.34. The Kier molecular flexibility index (Phi) is 3.87. The summed E-state index contributed by atoms with van der Waals surface area (Å²) in [7, 11) is 0. The van der Waals surface area contributed by atoms with Gasteiger partial charge in [-0.05, 0) is 38.3 Å². The van der Waals surface area contributed by atoms with Gasteiger partial charge in [-0.2, -0.15) is 0 Å². The maximum Gasteiger partial charge on any atom is 0.410 e. The number of hydrogen-bond donors (Lipinski definition) is 2. The van der Waals surface area contributed by atoms with Crippen molar-refractivity contribution in [3.05, 3.63) is 35.4 Å². The predicted molar refractivity (Wildman–Crippen MR) is 85.5 cm³/mol. The Morgan fingerprint density at radius 1 is 1.27 bits per heavy atom. The standard InChI is InChI=1S/C17H25N3O2/c1-17(2,3)22-16(21)20-9-11(10-20)19-15-8-14(18)12-6-4-5-7-13(12)15/h4-7,11,14-15,19H,8-10,18H2,1-3H3. The fourth-order valence-electron chi connectivity index (χ4n) is 3.18. The summed E-state index contributed by atoms with van der Waals surface area (Å²) in [6.07, 6.45) is 0.691. The molecule has 1 saturated heterocycles.